The van der Waals surface area contributed by atoms with Crippen LogP contribution in [-0.2, 0) is 17.4 Å². The van der Waals surface area contributed by atoms with E-state index in [-0.39, 0.29) is 23.5 Å². The van der Waals surface area contributed by atoms with Crippen molar-refractivity contribution in [2.45, 2.75) is 31.5 Å². The number of benzene rings is 2. The molecule has 2 N–H and O–H groups in total. The standard InChI is InChI=1S/C22H16F5NO3/c23-17-9-13(4-6-14(17)5-3-12-1-2-12)10-19(21(30)31)28-20(29)15-7-8-16(18(24)11-15)22(25,26)27/h4,6-9,11-12,19H,1-2,10H2,(H,28,29)(H,30,31). The minimum Gasteiger partial charge on any atom is -0.480 e. The number of aliphatic carboxylic acids is 1. The summed E-state index contributed by atoms with van der Waals surface area (Å²) < 4.78 is 65.8. The van der Waals surface area contributed by atoms with Crippen molar-refractivity contribution in [2.24, 2.45) is 5.92 Å². The number of alkyl halides is 3. The maximum Gasteiger partial charge on any atom is 0.419 e. The minimum absolute atomic E-state index is 0.173. The average Bonchev–Trinajstić information content (AvgIpc) is 3.50. The largest absolute Gasteiger partial charge is 0.480 e. The van der Waals surface area contributed by atoms with Gasteiger partial charge in [0.05, 0.1) is 11.1 Å². The molecule has 3 rings (SSSR count). The van der Waals surface area contributed by atoms with Crippen LogP contribution < -0.4 is 5.32 Å². The number of rotatable bonds is 5. The van der Waals surface area contributed by atoms with Crippen molar-refractivity contribution in [3.63, 3.8) is 0 Å². The Labute approximate surface area is 174 Å². The van der Waals surface area contributed by atoms with E-state index in [0.717, 1.165) is 25.0 Å². The Hall–Kier alpha value is -3.41. The normalized spacial score (nSPS) is 14.4. The molecule has 0 radical (unpaired) electrons. The molecule has 0 spiro atoms. The molecule has 0 heterocycles. The van der Waals surface area contributed by atoms with Crippen molar-refractivity contribution in [3.05, 3.63) is 70.3 Å². The summed E-state index contributed by atoms with van der Waals surface area (Å²) in [5, 5.41) is 11.5. The number of carbonyl (C=O) groups excluding carboxylic acids is 1. The smallest absolute Gasteiger partial charge is 0.419 e. The Balaban J connectivity index is 1.72. The van der Waals surface area contributed by atoms with Crippen LogP contribution in [0.15, 0.2) is 36.4 Å². The predicted molar refractivity (Wildman–Crippen MR) is 100.0 cm³/mol. The molecule has 9 heteroatoms. The van der Waals surface area contributed by atoms with Gasteiger partial charge in [-0.2, -0.15) is 13.2 Å². The molecule has 162 valence electrons. The molecular formula is C22H16F5NO3. The van der Waals surface area contributed by atoms with E-state index in [0.29, 0.717) is 12.1 Å². The summed E-state index contributed by atoms with van der Waals surface area (Å²) in [6.45, 7) is 0. The molecule has 0 aromatic heterocycles. The number of halogens is 5. The molecule has 31 heavy (non-hydrogen) atoms. The van der Waals surface area contributed by atoms with Gasteiger partial charge in [-0.25, -0.2) is 13.6 Å². The van der Waals surface area contributed by atoms with E-state index in [1.807, 2.05) is 0 Å². The van der Waals surface area contributed by atoms with Crippen molar-refractivity contribution < 1.29 is 36.6 Å². The van der Waals surface area contributed by atoms with Crippen molar-refractivity contribution in [2.75, 3.05) is 0 Å². The van der Waals surface area contributed by atoms with E-state index in [9.17, 15) is 36.6 Å². The van der Waals surface area contributed by atoms with E-state index >= 15 is 0 Å². The van der Waals surface area contributed by atoms with Crippen LogP contribution in [-0.4, -0.2) is 23.0 Å². The summed E-state index contributed by atoms with van der Waals surface area (Å²) in [7, 11) is 0. The molecule has 4 nitrogen and oxygen atoms in total. The maximum atomic E-state index is 14.2. The Bertz CT molecular complexity index is 1080. The number of hydrogen-bond donors (Lipinski definition) is 2. The fourth-order valence-corrected chi connectivity index (χ4v) is 2.76. The summed E-state index contributed by atoms with van der Waals surface area (Å²) >= 11 is 0. The van der Waals surface area contributed by atoms with Crippen LogP contribution in [0, 0.1) is 29.4 Å². The molecule has 1 amide bonds. The van der Waals surface area contributed by atoms with Gasteiger partial charge in [0, 0.05) is 17.9 Å². The third kappa shape index (κ3) is 5.81. The van der Waals surface area contributed by atoms with Gasteiger partial charge in [0.1, 0.15) is 17.7 Å². The maximum absolute atomic E-state index is 14.2. The SMILES string of the molecule is O=C(NC(Cc1ccc(C#CC2CC2)c(F)c1)C(=O)O)c1ccc(C(F)(F)F)c(F)c1. The van der Waals surface area contributed by atoms with Crippen molar-refractivity contribution in [3.8, 4) is 11.8 Å². The lowest BCUT2D eigenvalue weighted by atomic mass is 10.0. The van der Waals surface area contributed by atoms with Gasteiger partial charge in [-0.3, -0.25) is 4.79 Å². The molecule has 1 atom stereocenters. The Kier molecular flexibility index (Phi) is 6.29. The molecule has 1 aliphatic rings. The fourth-order valence-electron chi connectivity index (χ4n) is 2.76. The number of carbonyl (C=O) groups is 2. The molecule has 1 fully saturated rings. The molecule has 1 unspecified atom stereocenters. The van der Waals surface area contributed by atoms with E-state index < -0.39 is 46.9 Å². The number of nitrogens with one attached hydrogen (secondary N) is 1. The molecule has 0 aliphatic heterocycles. The summed E-state index contributed by atoms with van der Waals surface area (Å²) in [4.78, 5) is 23.7. The highest BCUT2D eigenvalue weighted by Crippen LogP contribution is 2.31. The topological polar surface area (TPSA) is 66.4 Å². The van der Waals surface area contributed by atoms with Gasteiger partial charge in [-0.1, -0.05) is 17.9 Å². The number of amides is 1. The lowest BCUT2D eigenvalue weighted by molar-refractivity contribution is -0.140. The van der Waals surface area contributed by atoms with Gasteiger partial charge < -0.3 is 10.4 Å². The summed E-state index contributed by atoms with van der Waals surface area (Å²) in [6.07, 6.45) is -3.26. The molecule has 2 aromatic carbocycles. The molecule has 1 aliphatic carbocycles. The first-order valence-electron chi connectivity index (χ1n) is 9.25. The van der Waals surface area contributed by atoms with Gasteiger partial charge in [0.2, 0.25) is 0 Å². The molecular weight excluding hydrogens is 421 g/mol. The van der Waals surface area contributed by atoms with E-state index in [2.05, 4.69) is 17.2 Å². The second-order valence-corrected chi connectivity index (χ2v) is 7.12. The summed E-state index contributed by atoms with van der Waals surface area (Å²) in [6, 6.07) is 4.00. The highest BCUT2D eigenvalue weighted by Gasteiger charge is 2.34. The first-order chi connectivity index (χ1) is 14.5. The van der Waals surface area contributed by atoms with Crippen molar-refractivity contribution >= 4 is 11.9 Å². The van der Waals surface area contributed by atoms with E-state index in [4.69, 9.17) is 0 Å². The van der Waals surface area contributed by atoms with Crippen LogP contribution in [0.1, 0.15) is 39.9 Å². The van der Waals surface area contributed by atoms with E-state index in [1.54, 1.807) is 0 Å². The van der Waals surface area contributed by atoms with Crippen LogP contribution in [0.5, 0.6) is 0 Å². The van der Waals surface area contributed by atoms with Crippen LogP contribution in [0.4, 0.5) is 22.0 Å². The molecule has 1 saturated carbocycles. The number of hydrogen-bond acceptors (Lipinski definition) is 2. The lowest BCUT2D eigenvalue weighted by Crippen LogP contribution is -2.42. The summed E-state index contributed by atoms with van der Waals surface area (Å²) in [5.74, 6) is 1.11. The van der Waals surface area contributed by atoms with Gasteiger partial charge in [-0.15, -0.1) is 0 Å². The van der Waals surface area contributed by atoms with Crippen LogP contribution in [0.3, 0.4) is 0 Å². The Morgan fingerprint density at radius 2 is 1.81 bits per heavy atom. The van der Waals surface area contributed by atoms with Gasteiger partial charge >= 0.3 is 12.1 Å². The van der Waals surface area contributed by atoms with Gasteiger partial charge in [0.25, 0.3) is 5.91 Å². The van der Waals surface area contributed by atoms with Crippen LogP contribution >= 0.6 is 0 Å². The zero-order chi connectivity index (χ0) is 22.8. The van der Waals surface area contributed by atoms with E-state index in [1.165, 1.54) is 12.1 Å². The van der Waals surface area contributed by atoms with Crippen molar-refractivity contribution in [1.82, 2.24) is 5.32 Å². The highest BCUT2D eigenvalue weighted by atomic mass is 19.4. The third-order valence-electron chi connectivity index (χ3n) is 4.60. The van der Waals surface area contributed by atoms with Gasteiger partial charge in [0.15, 0.2) is 0 Å². The van der Waals surface area contributed by atoms with Gasteiger partial charge in [-0.05, 0) is 48.7 Å². The predicted octanol–water partition coefficient (Wildman–Crippen LogP) is 4.17. The quantitative estimate of drug-likeness (QED) is 0.545. The molecule has 0 bridgehead atoms. The van der Waals surface area contributed by atoms with Crippen LogP contribution in [0.25, 0.3) is 0 Å². The fraction of sp³-hybridized carbons (Fsp3) is 0.273. The second kappa shape index (κ2) is 8.76. The van der Waals surface area contributed by atoms with Crippen LogP contribution in [0.2, 0.25) is 0 Å². The zero-order valence-electron chi connectivity index (χ0n) is 15.9. The molecule has 2 aromatic rings. The summed E-state index contributed by atoms with van der Waals surface area (Å²) in [5.41, 5.74) is -1.58. The Morgan fingerprint density at radius 3 is 2.35 bits per heavy atom. The first kappa shape index (κ1) is 22.3. The third-order valence-corrected chi connectivity index (χ3v) is 4.60. The highest BCUT2D eigenvalue weighted by molar-refractivity contribution is 5.96. The number of carboxylic acid groups (broad SMARTS) is 1. The zero-order valence-corrected chi connectivity index (χ0v) is 15.9. The lowest BCUT2D eigenvalue weighted by Gasteiger charge is -2.16. The Morgan fingerprint density at radius 1 is 1.10 bits per heavy atom. The van der Waals surface area contributed by atoms with Crippen molar-refractivity contribution in [1.29, 1.82) is 0 Å². The average molecular weight is 437 g/mol. The monoisotopic (exact) mass is 437 g/mol. The minimum atomic E-state index is -4.93. The number of carboxylic acids is 1. The first-order valence-corrected chi connectivity index (χ1v) is 9.25. The second-order valence-electron chi connectivity index (χ2n) is 7.12. The molecule has 0 saturated heterocycles.